The van der Waals surface area contributed by atoms with Crippen molar-refractivity contribution in [1.29, 1.82) is 0 Å². The highest BCUT2D eigenvalue weighted by Gasteiger charge is 2.37. The topological polar surface area (TPSA) is 21.3 Å². The monoisotopic (exact) mass is 453 g/mol. The summed E-state index contributed by atoms with van der Waals surface area (Å²) in [6.45, 7) is 4.64. The van der Waals surface area contributed by atoms with Gasteiger partial charge in [-0.15, -0.1) is 0 Å². The fraction of sp³-hybridized carbons (Fsp3) is 0.152. The number of para-hydroxylation sites is 1. The summed E-state index contributed by atoms with van der Waals surface area (Å²) < 4.78 is 6.36. The molecule has 7 rings (SSSR count). The van der Waals surface area contributed by atoms with Gasteiger partial charge in [-0.3, -0.25) is 0 Å². The van der Waals surface area contributed by atoms with Crippen LogP contribution in [0.5, 0.6) is 5.75 Å². The first-order valence-electron chi connectivity index (χ1n) is 12.4. The van der Waals surface area contributed by atoms with E-state index in [1.54, 1.807) is 0 Å². The zero-order chi connectivity index (χ0) is 23.6. The van der Waals surface area contributed by atoms with E-state index < -0.39 is 0 Å². The molecule has 0 saturated carbocycles. The van der Waals surface area contributed by atoms with Gasteiger partial charge in [-0.25, -0.2) is 0 Å². The molecule has 2 atom stereocenters. The van der Waals surface area contributed by atoms with E-state index in [0.29, 0.717) is 0 Å². The molecule has 0 saturated heterocycles. The summed E-state index contributed by atoms with van der Waals surface area (Å²) in [5.74, 6) is 1.28. The van der Waals surface area contributed by atoms with Crippen LogP contribution in [0.25, 0.3) is 16.7 Å². The number of hydrogen-bond acceptors (Lipinski definition) is 2. The Kier molecular flexibility index (Phi) is 4.35. The van der Waals surface area contributed by atoms with Crippen molar-refractivity contribution >= 4 is 16.9 Å². The summed E-state index contributed by atoms with van der Waals surface area (Å²) in [6, 6.07) is 32.6. The van der Waals surface area contributed by atoms with Crippen molar-refractivity contribution in [2.45, 2.75) is 31.3 Å². The molecule has 35 heavy (non-hydrogen) atoms. The molecule has 1 aliphatic heterocycles. The van der Waals surface area contributed by atoms with Crippen molar-refractivity contribution in [1.82, 2.24) is 0 Å². The number of hydrogen-bond donors (Lipinski definition) is 1. The molecule has 0 aromatic heterocycles. The van der Waals surface area contributed by atoms with Crippen molar-refractivity contribution < 1.29 is 4.74 Å². The lowest BCUT2D eigenvalue weighted by molar-refractivity contribution is 0.278. The van der Waals surface area contributed by atoms with Crippen LogP contribution in [-0.4, -0.2) is 6.10 Å². The van der Waals surface area contributed by atoms with Gasteiger partial charge in [0.25, 0.3) is 0 Å². The quantitative estimate of drug-likeness (QED) is 0.337. The first-order chi connectivity index (χ1) is 17.1. The zero-order valence-corrected chi connectivity index (χ0v) is 20.0. The molecule has 0 fully saturated rings. The Morgan fingerprint density at radius 1 is 0.743 bits per heavy atom. The predicted molar refractivity (Wildman–Crippen MR) is 144 cm³/mol. The standard InChI is InChI=1S/C33H27NO/c1-33(2)29-12-5-3-8-25(29)26-19-18-23(20-30(26)33)34-22-16-14-21(15-17-22)24-10-7-11-28-27-9-4-6-13-31(27)35-32(24)28/h3-20,28,32,34H,1-2H3. The lowest BCUT2D eigenvalue weighted by Crippen LogP contribution is -2.21. The SMILES string of the molecule is CC1(C)c2ccccc2-c2ccc(Nc3ccc(C4=CC=CC5c6ccccc6OC45)cc3)cc21. The molecule has 3 aliphatic rings. The van der Waals surface area contributed by atoms with Crippen molar-refractivity contribution in [2.75, 3.05) is 5.32 Å². The van der Waals surface area contributed by atoms with E-state index in [9.17, 15) is 0 Å². The number of nitrogens with one attached hydrogen (secondary N) is 1. The first kappa shape index (κ1) is 20.3. The van der Waals surface area contributed by atoms with Crippen LogP contribution >= 0.6 is 0 Å². The number of rotatable bonds is 3. The second kappa shape index (κ2) is 7.48. The highest BCUT2D eigenvalue weighted by molar-refractivity contribution is 5.83. The van der Waals surface area contributed by atoms with Crippen molar-refractivity contribution in [3.05, 3.63) is 131 Å². The molecule has 2 aliphatic carbocycles. The molecule has 1 heterocycles. The average molecular weight is 454 g/mol. The van der Waals surface area contributed by atoms with E-state index in [4.69, 9.17) is 4.74 Å². The maximum atomic E-state index is 6.36. The van der Waals surface area contributed by atoms with Crippen LogP contribution in [0.3, 0.4) is 0 Å². The Balaban J connectivity index is 1.14. The molecular weight excluding hydrogens is 426 g/mol. The van der Waals surface area contributed by atoms with E-state index in [1.165, 1.54) is 39.0 Å². The van der Waals surface area contributed by atoms with E-state index in [1.807, 2.05) is 6.07 Å². The maximum absolute atomic E-state index is 6.36. The Labute approximate surface area is 206 Å². The molecule has 4 aromatic rings. The molecule has 1 N–H and O–H groups in total. The van der Waals surface area contributed by atoms with Crippen LogP contribution in [0, 0.1) is 0 Å². The summed E-state index contributed by atoms with van der Waals surface area (Å²) in [6.07, 6.45) is 6.65. The molecule has 0 radical (unpaired) electrons. The van der Waals surface area contributed by atoms with Gasteiger partial charge in [-0.05, 0) is 58.1 Å². The summed E-state index contributed by atoms with van der Waals surface area (Å²) in [5, 5.41) is 3.62. The van der Waals surface area contributed by atoms with Crippen LogP contribution < -0.4 is 10.1 Å². The number of ether oxygens (including phenoxy) is 1. The highest BCUT2D eigenvalue weighted by atomic mass is 16.5. The van der Waals surface area contributed by atoms with E-state index in [2.05, 4.69) is 122 Å². The molecule has 0 bridgehead atoms. The lowest BCUT2D eigenvalue weighted by atomic mass is 9.82. The fourth-order valence-electron chi connectivity index (χ4n) is 6.03. The minimum atomic E-state index is 0.00382. The molecule has 0 amide bonds. The molecule has 2 heteroatoms. The molecule has 2 unspecified atom stereocenters. The number of fused-ring (bicyclic) bond motifs is 6. The van der Waals surface area contributed by atoms with E-state index in [-0.39, 0.29) is 17.4 Å². The Morgan fingerprint density at radius 3 is 2.37 bits per heavy atom. The zero-order valence-electron chi connectivity index (χ0n) is 20.0. The van der Waals surface area contributed by atoms with Gasteiger partial charge in [0.1, 0.15) is 11.9 Å². The summed E-state index contributed by atoms with van der Waals surface area (Å²) in [4.78, 5) is 0. The van der Waals surface area contributed by atoms with Gasteiger partial charge in [0, 0.05) is 33.8 Å². The third-order valence-corrected chi connectivity index (χ3v) is 7.85. The molecule has 170 valence electrons. The van der Waals surface area contributed by atoms with Crippen molar-refractivity contribution in [3.63, 3.8) is 0 Å². The lowest BCUT2D eigenvalue weighted by Gasteiger charge is -2.23. The minimum absolute atomic E-state index is 0.00382. The van der Waals surface area contributed by atoms with Crippen LogP contribution in [0.1, 0.15) is 42.0 Å². The third kappa shape index (κ3) is 3.10. The minimum Gasteiger partial charge on any atom is -0.484 e. The molecular formula is C33H27NO. The largest absolute Gasteiger partial charge is 0.484 e. The number of allylic oxidation sites excluding steroid dienone is 2. The van der Waals surface area contributed by atoms with Gasteiger partial charge in [0.2, 0.25) is 0 Å². The maximum Gasteiger partial charge on any atom is 0.135 e. The predicted octanol–water partition coefficient (Wildman–Crippen LogP) is 8.23. The van der Waals surface area contributed by atoms with E-state index in [0.717, 1.165) is 17.1 Å². The average Bonchev–Trinajstić information content (AvgIpc) is 3.38. The second-order valence-electron chi connectivity index (χ2n) is 10.2. The van der Waals surface area contributed by atoms with Crippen LogP contribution in [0.15, 0.2) is 109 Å². The van der Waals surface area contributed by atoms with Gasteiger partial charge in [0.05, 0.1) is 0 Å². The van der Waals surface area contributed by atoms with Crippen molar-refractivity contribution in [3.8, 4) is 16.9 Å². The Bertz CT molecular complexity index is 1520. The van der Waals surface area contributed by atoms with Gasteiger partial charge < -0.3 is 10.1 Å². The summed E-state index contributed by atoms with van der Waals surface area (Å²) >= 11 is 0. The summed E-state index contributed by atoms with van der Waals surface area (Å²) in [7, 11) is 0. The van der Waals surface area contributed by atoms with E-state index >= 15 is 0 Å². The first-order valence-corrected chi connectivity index (χ1v) is 12.4. The normalized spacial score (nSPS) is 20.2. The van der Waals surface area contributed by atoms with Gasteiger partial charge in [-0.1, -0.05) is 92.7 Å². The van der Waals surface area contributed by atoms with Gasteiger partial charge in [0.15, 0.2) is 0 Å². The Hall–Kier alpha value is -4.04. The second-order valence-corrected chi connectivity index (χ2v) is 10.2. The Morgan fingerprint density at radius 2 is 1.49 bits per heavy atom. The summed E-state index contributed by atoms with van der Waals surface area (Å²) in [5.41, 5.74) is 11.4. The molecule has 2 nitrogen and oxygen atoms in total. The van der Waals surface area contributed by atoms with Crippen LogP contribution in [0.4, 0.5) is 11.4 Å². The van der Waals surface area contributed by atoms with Crippen molar-refractivity contribution in [2.24, 2.45) is 0 Å². The highest BCUT2D eigenvalue weighted by Crippen LogP contribution is 2.49. The van der Waals surface area contributed by atoms with Crippen LogP contribution in [-0.2, 0) is 5.41 Å². The van der Waals surface area contributed by atoms with Gasteiger partial charge in [-0.2, -0.15) is 0 Å². The number of anilines is 2. The van der Waals surface area contributed by atoms with Gasteiger partial charge >= 0.3 is 0 Å². The molecule has 4 aromatic carbocycles. The number of benzene rings is 4. The third-order valence-electron chi connectivity index (χ3n) is 7.85. The van der Waals surface area contributed by atoms with Crippen LogP contribution in [0.2, 0.25) is 0 Å². The smallest absolute Gasteiger partial charge is 0.135 e. The fourth-order valence-corrected chi connectivity index (χ4v) is 6.03. The molecule has 0 spiro atoms.